The van der Waals surface area contributed by atoms with Gasteiger partial charge >= 0.3 is 11.1 Å². The first-order valence-corrected chi connectivity index (χ1v) is 13.7. The van der Waals surface area contributed by atoms with E-state index in [2.05, 4.69) is 20.4 Å². The number of oxime groups is 1. The number of anilines is 3. The predicted molar refractivity (Wildman–Crippen MR) is 139 cm³/mol. The molecular formula is C20H24N9O5S3+. The summed E-state index contributed by atoms with van der Waals surface area (Å²) in [7, 11) is 1.72. The summed E-state index contributed by atoms with van der Waals surface area (Å²) in [5.41, 5.74) is 17.9. The second kappa shape index (κ2) is 10.8. The number of thiazole rings is 1. The Bertz CT molecular complexity index is 1330. The standard InChI is InChI=1S/C20H23N9O5S3/c1-3-34-27-12(9-7-36-19(23)24-9)15(30)26-13-16(31)29-14(18(32)33)8(5-35-17(13)29)6-37-20-25-10(21)4-11(22)28(20)2/h4,7,13,17H,3,5-6H2,1-2H3,(H7,21,22,23,24,26,30,32,33)/p+1/b27-12-/t13?,17-/m1/s1. The maximum absolute atomic E-state index is 13.0. The molecule has 0 radical (unpaired) electrons. The van der Waals surface area contributed by atoms with Gasteiger partial charge in [0.25, 0.3) is 11.8 Å². The molecule has 14 nitrogen and oxygen atoms in total. The van der Waals surface area contributed by atoms with Crippen LogP contribution in [0.1, 0.15) is 12.6 Å². The van der Waals surface area contributed by atoms with E-state index in [4.69, 9.17) is 22.0 Å². The van der Waals surface area contributed by atoms with E-state index in [0.29, 0.717) is 22.3 Å². The van der Waals surface area contributed by atoms with E-state index >= 15 is 0 Å². The van der Waals surface area contributed by atoms with Crippen LogP contribution in [-0.2, 0) is 26.3 Å². The van der Waals surface area contributed by atoms with Gasteiger partial charge in [0.05, 0.1) is 13.1 Å². The Labute approximate surface area is 223 Å². The average molecular weight is 567 g/mol. The van der Waals surface area contributed by atoms with E-state index in [1.165, 1.54) is 34.5 Å². The third-order valence-electron chi connectivity index (χ3n) is 5.37. The van der Waals surface area contributed by atoms with Crippen LogP contribution in [-0.4, -0.2) is 73.0 Å². The van der Waals surface area contributed by atoms with Crippen LogP contribution >= 0.6 is 34.9 Å². The van der Waals surface area contributed by atoms with Crippen LogP contribution in [0.25, 0.3) is 0 Å². The van der Waals surface area contributed by atoms with Crippen LogP contribution in [0, 0.1) is 0 Å². The van der Waals surface area contributed by atoms with Gasteiger partial charge in [-0.25, -0.2) is 14.3 Å². The number of carboxylic acids is 1. The quantitative estimate of drug-likeness (QED) is 0.0641. The number of carbonyl (C=O) groups excluding carboxylic acids is 2. The number of nitrogens with zero attached hydrogens (tertiary/aromatic N) is 5. The van der Waals surface area contributed by atoms with Gasteiger partial charge in [0.15, 0.2) is 10.8 Å². The molecule has 0 aliphatic carbocycles. The lowest BCUT2D eigenvalue weighted by atomic mass is 10.0. The monoisotopic (exact) mass is 566 g/mol. The second-order valence-electron chi connectivity index (χ2n) is 7.78. The fourth-order valence-corrected chi connectivity index (χ4v) is 6.63. The maximum atomic E-state index is 13.0. The number of carbonyl (C=O) groups is 3. The van der Waals surface area contributed by atoms with E-state index in [0.717, 1.165) is 11.3 Å². The highest BCUT2D eigenvalue weighted by Gasteiger charge is 2.54. The van der Waals surface area contributed by atoms with Crippen molar-refractivity contribution in [2.75, 3.05) is 35.3 Å². The van der Waals surface area contributed by atoms with Crippen molar-refractivity contribution in [2.45, 2.75) is 23.5 Å². The summed E-state index contributed by atoms with van der Waals surface area (Å²) < 4.78 is 1.64. The minimum absolute atomic E-state index is 0.109. The topological polar surface area (TPSA) is 216 Å². The molecule has 2 aliphatic rings. The Balaban J connectivity index is 1.51. The molecule has 2 aromatic heterocycles. The van der Waals surface area contributed by atoms with Crippen molar-refractivity contribution in [3.63, 3.8) is 0 Å². The van der Waals surface area contributed by atoms with E-state index in [-0.39, 0.29) is 40.4 Å². The SMILES string of the molecule is CCO/N=C(\C(=O)NC1C(=O)N2C(C(=O)O)=C(CSc3nc(N)cc(N)[n+]3C)CS[C@H]12)c1csc(N)n1. The molecule has 1 unspecified atom stereocenters. The Morgan fingerprint density at radius 3 is 2.78 bits per heavy atom. The number of hydrogen-bond donors (Lipinski definition) is 5. The number of rotatable bonds is 9. The number of nitrogens with two attached hydrogens (primary N) is 3. The largest absolute Gasteiger partial charge is 0.477 e. The van der Waals surface area contributed by atoms with Crippen LogP contribution in [0.5, 0.6) is 0 Å². The summed E-state index contributed by atoms with van der Waals surface area (Å²) in [5, 5.41) is 18.1. The first-order valence-electron chi connectivity index (χ1n) is 10.8. The molecule has 17 heteroatoms. The van der Waals surface area contributed by atoms with Gasteiger partial charge in [0.2, 0.25) is 11.6 Å². The molecule has 2 aromatic rings. The van der Waals surface area contributed by atoms with Crippen molar-refractivity contribution >= 4 is 75.1 Å². The number of aromatic nitrogens is 3. The summed E-state index contributed by atoms with van der Waals surface area (Å²) in [6.07, 6.45) is 0. The van der Waals surface area contributed by atoms with Crippen molar-refractivity contribution in [1.82, 2.24) is 20.2 Å². The van der Waals surface area contributed by atoms with Crippen molar-refractivity contribution in [3.8, 4) is 0 Å². The molecule has 2 aliphatic heterocycles. The van der Waals surface area contributed by atoms with Gasteiger partial charge in [-0.1, -0.05) is 10.1 Å². The zero-order valence-electron chi connectivity index (χ0n) is 19.7. The van der Waals surface area contributed by atoms with Gasteiger partial charge < -0.3 is 32.5 Å². The smallest absolute Gasteiger partial charge is 0.352 e. The Hall–Kier alpha value is -3.57. The minimum Gasteiger partial charge on any atom is -0.477 e. The molecule has 4 heterocycles. The van der Waals surface area contributed by atoms with Crippen LogP contribution < -0.4 is 27.1 Å². The number of thioether (sulfide) groups is 2. The van der Waals surface area contributed by atoms with Gasteiger partial charge in [-0.2, -0.15) is 0 Å². The number of aliphatic carboxylic acids is 1. The fourth-order valence-electron chi connectivity index (χ4n) is 3.59. The number of nitrogens with one attached hydrogen (secondary N) is 1. The molecule has 2 amide bonds. The van der Waals surface area contributed by atoms with Crippen LogP contribution in [0.15, 0.2) is 33.0 Å². The fraction of sp³-hybridized carbons (Fsp3) is 0.350. The molecular weight excluding hydrogens is 542 g/mol. The average Bonchev–Trinajstić information content (AvgIpc) is 3.28. The van der Waals surface area contributed by atoms with Gasteiger partial charge in [-0.15, -0.1) is 23.1 Å². The number of fused-ring (bicyclic) bond motifs is 1. The highest BCUT2D eigenvalue weighted by molar-refractivity contribution is 8.01. The number of β-lactam (4-membered cyclic amide) rings is 1. The summed E-state index contributed by atoms with van der Waals surface area (Å²) in [4.78, 5) is 52.7. The zero-order valence-corrected chi connectivity index (χ0v) is 22.2. The van der Waals surface area contributed by atoms with Gasteiger partial charge in [-0.3, -0.25) is 14.5 Å². The summed E-state index contributed by atoms with van der Waals surface area (Å²) in [6.45, 7) is 1.92. The Morgan fingerprint density at radius 1 is 1.38 bits per heavy atom. The summed E-state index contributed by atoms with van der Waals surface area (Å²) in [6, 6.07) is 0.575. The first kappa shape index (κ1) is 26.5. The highest BCUT2D eigenvalue weighted by atomic mass is 32.2. The van der Waals surface area contributed by atoms with Gasteiger partial charge in [0.1, 0.15) is 29.4 Å². The zero-order chi connectivity index (χ0) is 26.9. The maximum Gasteiger partial charge on any atom is 0.352 e. The number of carboxylic acid groups (broad SMARTS) is 1. The summed E-state index contributed by atoms with van der Waals surface area (Å²) >= 11 is 3.73. The van der Waals surface area contributed by atoms with Crippen molar-refractivity contribution < 1.29 is 28.9 Å². The molecule has 1 fully saturated rings. The first-order chi connectivity index (χ1) is 17.6. The third kappa shape index (κ3) is 5.28. The number of amides is 2. The molecule has 196 valence electrons. The molecule has 1 saturated heterocycles. The number of hydrogen-bond acceptors (Lipinski definition) is 13. The highest BCUT2D eigenvalue weighted by Crippen LogP contribution is 2.41. The lowest BCUT2D eigenvalue weighted by molar-refractivity contribution is -0.698. The van der Waals surface area contributed by atoms with Crippen molar-refractivity contribution in [2.24, 2.45) is 12.2 Å². The lowest BCUT2D eigenvalue weighted by Crippen LogP contribution is -2.71. The van der Waals surface area contributed by atoms with E-state index < -0.39 is 29.2 Å². The Morgan fingerprint density at radius 2 is 2.14 bits per heavy atom. The number of nitrogen functional groups attached to an aromatic ring is 3. The molecule has 8 N–H and O–H groups in total. The van der Waals surface area contributed by atoms with Gasteiger partial charge in [0, 0.05) is 16.9 Å². The molecule has 0 saturated carbocycles. The van der Waals surface area contributed by atoms with Crippen molar-refractivity contribution in [1.29, 1.82) is 0 Å². The van der Waals surface area contributed by atoms with Gasteiger partial charge in [-0.05, 0) is 24.3 Å². The van der Waals surface area contributed by atoms with E-state index in [1.54, 1.807) is 23.9 Å². The summed E-state index contributed by atoms with van der Waals surface area (Å²) in [5.74, 6) is -1.23. The molecule has 0 bridgehead atoms. The molecule has 37 heavy (non-hydrogen) atoms. The molecule has 0 spiro atoms. The van der Waals surface area contributed by atoms with Crippen LogP contribution in [0.3, 0.4) is 0 Å². The van der Waals surface area contributed by atoms with E-state index in [1.807, 2.05) is 0 Å². The molecule has 2 atom stereocenters. The van der Waals surface area contributed by atoms with Crippen LogP contribution in [0.2, 0.25) is 0 Å². The minimum atomic E-state index is -1.24. The Kier molecular flexibility index (Phi) is 7.74. The van der Waals surface area contributed by atoms with Crippen molar-refractivity contribution in [3.05, 3.63) is 28.4 Å². The molecule has 0 aromatic carbocycles. The lowest BCUT2D eigenvalue weighted by Gasteiger charge is -2.49. The van der Waals surface area contributed by atoms with E-state index in [9.17, 15) is 19.5 Å². The predicted octanol–water partition coefficient (Wildman–Crippen LogP) is -0.619. The second-order valence-corrected chi connectivity index (χ2v) is 10.7. The normalized spacial score (nSPS) is 19.4. The van der Waals surface area contributed by atoms with Crippen LogP contribution in [0.4, 0.5) is 16.8 Å². The third-order valence-corrected chi connectivity index (χ3v) is 8.50. The molecule has 4 rings (SSSR count).